The van der Waals surface area contributed by atoms with Crippen LogP contribution in [0.3, 0.4) is 0 Å². The fourth-order valence-corrected chi connectivity index (χ4v) is 3.30. The lowest BCUT2D eigenvalue weighted by Crippen LogP contribution is -2.38. The number of aryl methyl sites for hydroxylation is 1. The first kappa shape index (κ1) is 17.5. The van der Waals surface area contributed by atoms with Crippen molar-refractivity contribution in [3.8, 4) is 0 Å². The number of furan rings is 1. The zero-order valence-corrected chi connectivity index (χ0v) is 15.8. The lowest BCUT2D eigenvalue weighted by molar-refractivity contribution is 0.470. The van der Waals surface area contributed by atoms with Crippen LogP contribution in [0.5, 0.6) is 0 Å². The van der Waals surface area contributed by atoms with Crippen LogP contribution < -0.4 is 5.32 Å². The molecule has 1 aromatic carbocycles. The van der Waals surface area contributed by atoms with Crippen molar-refractivity contribution < 1.29 is 4.42 Å². The Kier molecular flexibility index (Phi) is 5.71. The van der Waals surface area contributed by atoms with E-state index in [1.54, 1.807) is 11.3 Å². The van der Waals surface area contributed by atoms with Crippen molar-refractivity contribution in [1.29, 1.82) is 0 Å². The minimum Gasteiger partial charge on any atom is -0.461 e. The third kappa shape index (κ3) is 4.60. The maximum Gasteiger partial charge on any atom is 0.194 e. The highest BCUT2D eigenvalue weighted by molar-refractivity contribution is 7.09. The maximum atomic E-state index is 5.86. The van der Waals surface area contributed by atoms with Gasteiger partial charge in [-0.2, -0.15) is 0 Å². The highest BCUT2D eigenvalue weighted by atomic mass is 32.1. The molecule has 0 aliphatic rings. The number of nitrogens with zero attached hydrogens (tertiary/aromatic N) is 3. The van der Waals surface area contributed by atoms with Gasteiger partial charge in [0.25, 0.3) is 0 Å². The number of aliphatic imine (C=N–C) groups is 1. The molecule has 0 aliphatic carbocycles. The predicted octanol–water partition coefficient (Wildman–Crippen LogP) is 3.84. The molecule has 25 heavy (non-hydrogen) atoms. The molecule has 0 aliphatic heterocycles. The summed E-state index contributed by atoms with van der Waals surface area (Å²) in [5.41, 5.74) is 2.01. The molecule has 0 unspecified atom stereocenters. The standard InChI is InChI=1S/C19H24N4OS/c1-4-20-19(23(3)12-16-13-25-14(2)22-16)21-10-9-17-11-15-7-5-6-8-18(15)24-17/h5-8,11,13H,4,9-10,12H2,1-3H3,(H,20,21). The first-order valence-corrected chi connectivity index (χ1v) is 9.41. The van der Waals surface area contributed by atoms with E-state index in [-0.39, 0.29) is 0 Å². The van der Waals surface area contributed by atoms with Crippen LogP contribution in [0.1, 0.15) is 23.4 Å². The number of nitrogens with one attached hydrogen (secondary N) is 1. The van der Waals surface area contributed by atoms with Gasteiger partial charge in [0.15, 0.2) is 5.96 Å². The number of guanidine groups is 1. The van der Waals surface area contributed by atoms with E-state index in [1.165, 1.54) is 0 Å². The minimum atomic E-state index is 0.683. The van der Waals surface area contributed by atoms with E-state index in [0.717, 1.165) is 52.9 Å². The van der Waals surface area contributed by atoms with Gasteiger partial charge in [0.2, 0.25) is 0 Å². The number of hydrogen-bond acceptors (Lipinski definition) is 4. The van der Waals surface area contributed by atoms with Gasteiger partial charge in [-0.05, 0) is 26.0 Å². The summed E-state index contributed by atoms with van der Waals surface area (Å²) in [6.45, 7) is 6.38. The monoisotopic (exact) mass is 356 g/mol. The topological polar surface area (TPSA) is 53.7 Å². The van der Waals surface area contributed by atoms with Gasteiger partial charge in [-0.15, -0.1) is 11.3 Å². The van der Waals surface area contributed by atoms with E-state index in [1.807, 2.05) is 32.2 Å². The van der Waals surface area contributed by atoms with Crippen molar-refractivity contribution in [2.45, 2.75) is 26.8 Å². The third-order valence-corrected chi connectivity index (χ3v) is 4.68. The Bertz CT molecular complexity index is 819. The fraction of sp³-hybridized carbons (Fsp3) is 0.368. The lowest BCUT2D eigenvalue weighted by Gasteiger charge is -2.21. The summed E-state index contributed by atoms with van der Waals surface area (Å²) in [5, 5.41) is 7.68. The molecule has 0 fully saturated rings. The summed E-state index contributed by atoms with van der Waals surface area (Å²) in [4.78, 5) is 11.4. The third-order valence-electron chi connectivity index (χ3n) is 3.86. The number of rotatable bonds is 6. The number of hydrogen-bond donors (Lipinski definition) is 1. The van der Waals surface area contributed by atoms with Gasteiger partial charge in [0, 0.05) is 37.3 Å². The molecule has 6 heteroatoms. The molecule has 3 aromatic rings. The van der Waals surface area contributed by atoms with Crippen LogP contribution in [0.15, 0.2) is 45.1 Å². The number of para-hydroxylation sites is 1. The molecule has 2 heterocycles. The number of fused-ring (bicyclic) bond motifs is 1. The van der Waals surface area contributed by atoms with Crippen molar-refractivity contribution in [2.24, 2.45) is 4.99 Å². The largest absolute Gasteiger partial charge is 0.461 e. The van der Waals surface area contributed by atoms with E-state index in [0.29, 0.717) is 6.54 Å². The van der Waals surface area contributed by atoms with Crippen molar-refractivity contribution in [2.75, 3.05) is 20.1 Å². The summed E-state index contributed by atoms with van der Waals surface area (Å²) >= 11 is 1.68. The second-order valence-corrected chi connectivity index (χ2v) is 7.01. The SMILES string of the molecule is CCNC(=NCCc1cc2ccccc2o1)N(C)Cc1csc(C)n1. The molecule has 0 saturated carbocycles. The Morgan fingerprint density at radius 3 is 2.92 bits per heavy atom. The van der Waals surface area contributed by atoms with E-state index in [9.17, 15) is 0 Å². The number of thiazole rings is 1. The smallest absolute Gasteiger partial charge is 0.194 e. The molecule has 1 N–H and O–H groups in total. The quantitative estimate of drug-likeness (QED) is 0.539. The Balaban J connectivity index is 1.62. The van der Waals surface area contributed by atoms with Crippen molar-refractivity contribution in [3.05, 3.63) is 52.2 Å². The van der Waals surface area contributed by atoms with Crippen molar-refractivity contribution >= 4 is 28.3 Å². The minimum absolute atomic E-state index is 0.683. The van der Waals surface area contributed by atoms with Gasteiger partial charge in [-0.25, -0.2) is 4.98 Å². The van der Waals surface area contributed by atoms with Crippen LogP contribution in [-0.2, 0) is 13.0 Å². The Hall–Kier alpha value is -2.34. The van der Waals surface area contributed by atoms with Gasteiger partial charge in [-0.3, -0.25) is 4.99 Å². The van der Waals surface area contributed by atoms with Gasteiger partial charge < -0.3 is 14.6 Å². The molecule has 132 valence electrons. The average Bonchev–Trinajstić information content (AvgIpc) is 3.19. The zero-order valence-electron chi connectivity index (χ0n) is 15.0. The maximum absolute atomic E-state index is 5.86. The van der Waals surface area contributed by atoms with Gasteiger partial charge in [0.05, 0.1) is 17.2 Å². The van der Waals surface area contributed by atoms with Gasteiger partial charge >= 0.3 is 0 Å². The summed E-state index contributed by atoms with van der Waals surface area (Å²) in [6.07, 6.45) is 0.785. The van der Waals surface area contributed by atoms with E-state index >= 15 is 0 Å². The van der Waals surface area contributed by atoms with Crippen LogP contribution in [0, 0.1) is 6.92 Å². The molecule has 0 amide bonds. The first-order chi connectivity index (χ1) is 12.2. The molecule has 3 rings (SSSR count). The lowest BCUT2D eigenvalue weighted by atomic mass is 10.2. The van der Waals surface area contributed by atoms with Crippen LogP contribution in [0.25, 0.3) is 11.0 Å². The summed E-state index contributed by atoms with van der Waals surface area (Å²) in [5.74, 6) is 1.86. The second-order valence-electron chi connectivity index (χ2n) is 5.95. The first-order valence-electron chi connectivity index (χ1n) is 8.53. The van der Waals surface area contributed by atoms with Crippen LogP contribution in [-0.4, -0.2) is 36.0 Å². The molecule has 0 saturated heterocycles. The van der Waals surface area contributed by atoms with Crippen LogP contribution in [0.2, 0.25) is 0 Å². The molecule has 2 aromatic heterocycles. The molecule has 0 radical (unpaired) electrons. The Morgan fingerprint density at radius 1 is 1.36 bits per heavy atom. The van der Waals surface area contributed by atoms with E-state index in [2.05, 4.69) is 39.6 Å². The Morgan fingerprint density at radius 2 is 2.20 bits per heavy atom. The fourth-order valence-electron chi connectivity index (χ4n) is 2.70. The summed E-state index contributed by atoms with van der Waals surface area (Å²) in [6, 6.07) is 10.2. The second kappa shape index (κ2) is 8.16. The zero-order chi connectivity index (χ0) is 17.6. The normalized spacial score (nSPS) is 11.9. The van der Waals surface area contributed by atoms with Crippen molar-refractivity contribution in [3.63, 3.8) is 0 Å². The van der Waals surface area contributed by atoms with Gasteiger partial charge in [-0.1, -0.05) is 18.2 Å². The number of benzene rings is 1. The van der Waals surface area contributed by atoms with Crippen molar-refractivity contribution in [1.82, 2.24) is 15.2 Å². The Labute approximate surface area is 152 Å². The molecule has 0 bridgehead atoms. The average molecular weight is 356 g/mol. The van der Waals surface area contributed by atoms with Gasteiger partial charge in [0.1, 0.15) is 11.3 Å². The highest BCUT2D eigenvalue weighted by Gasteiger charge is 2.09. The highest BCUT2D eigenvalue weighted by Crippen LogP contribution is 2.19. The molecule has 0 atom stereocenters. The molecule has 5 nitrogen and oxygen atoms in total. The predicted molar refractivity (Wildman–Crippen MR) is 104 cm³/mol. The van der Waals surface area contributed by atoms with Crippen LogP contribution in [0.4, 0.5) is 0 Å². The number of aromatic nitrogens is 1. The van der Waals surface area contributed by atoms with E-state index in [4.69, 9.17) is 9.41 Å². The van der Waals surface area contributed by atoms with Crippen LogP contribution >= 0.6 is 11.3 Å². The van der Waals surface area contributed by atoms with E-state index < -0.39 is 0 Å². The molecular weight excluding hydrogens is 332 g/mol. The summed E-state index contributed by atoms with van der Waals surface area (Å²) < 4.78 is 5.86. The summed E-state index contributed by atoms with van der Waals surface area (Å²) in [7, 11) is 2.04. The molecule has 0 spiro atoms. The molecular formula is C19H24N4OS.